The lowest BCUT2D eigenvalue weighted by Crippen LogP contribution is -2.21. The van der Waals surface area contributed by atoms with E-state index in [1.54, 1.807) is 4.91 Å². The monoisotopic (exact) mass is 352 g/mol. The average molecular weight is 353 g/mol. The Labute approximate surface area is 152 Å². The summed E-state index contributed by atoms with van der Waals surface area (Å²) in [4.78, 5) is 12.1. The summed E-state index contributed by atoms with van der Waals surface area (Å²) in [5.74, 6) is 0.960. The van der Waals surface area contributed by atoms with Crippen LogP contribution in [0, 0.1) is 5.92 Å². The SMILES string of the molecule is CCCCCCCC=C[C@H]1CCC=C1[S+](C)CCCCCC(=O)[O-]. The summed E-state index contributed by atoms with van der Waals surface area (Å²) in [5, 5.41) is 10.4. The molecule has 0 aromatic rings. The highest BCUT2D eigenvalue weighted by Gasteiger charge is 2.29. The van der Waals surface area contributed by atoms with Gasteiger partial charge in [-0.1, -0.05) is 44.8 Å². The van der Waals surface area contributed by atoms with Crippen molar-refractivity contribution in [3.05, 3.63) is 23.1 Å². The molecule has 2 nitrogen and oxygen atoms in total. The van der Waals surface area contributed by atoms with Gasteiger partial charge in [-0.2, -0.15) is 0 Å². The number of carbonyl (C=O) groups excluding carboxylic acids is 1. The molecule has 138 valence electrons. The van der Waals surface area contributed by atoms with E-state index in [1.807, 2.05) is 0 Å². The first kappa shape index (κ1) is 21.3. The molecule has 0 heterocycles. The average Bonchev–Trinajstić information content (AvgIpc) is 3.02. The number of carbonyl (C=O) groups is 1. The van der Waals surface area contributed by atoms with Gasteiger partial charge in [0.25, 0.3) is 0 Å². The number of hydrogen-bond acceptors (Lipinski definition) is 2. The first-order chi connectivity index (χ1) is 11.6. The molecule has 0 radical (unpaired) electrons. The number of carboxylic acid groups (broad SMARTS) is 1. The number of allylic oxidation sites excluding steroid dienone is 4. The van der Waals surface area contributed by atoms with Gasteiger partial charge in [0.2, 0.25) is 0 Å². The third-order valence-electron chi connectivity index (χ3n) is 4.77. The molecule has 0 saturated heterocycles. The van der Waals surface area contributed by atoms with E-state index in [-0.39, 0.29) is 6.42 Å². The van der Waals surface area contributed by atoms with Gasteiger partial charge in [0, 0.05) is 22.8 Å². The van der Waals surface area contributed by atoms with Gasteiger partial charge in [0.05, 0.1) is 0 Å². The van der Waals surface area contributed by atoms with E-state index < -0.39 is 5.97 Å². The summed E-state index contributed by atoms with van der Waals surface area (Å²) in [6.45, 7) is 2.26. The number of unbranched alkanes of at least 4 members (excludes halogenated alkanes) is 7. The highest BCUT2D eigenvalue weighted by Crippen LogP contribution is 2.32. The Balaban J connectivity index is 2.20. The lowest BCUT2D eigenvalue weighted by atomic mass is 10.1. The van der Waals surface area contributed by atoms with Crippen LogP contribution in [0.1, 0.15) is 84.0 Å². The van der Waals surface area contributed by atoms with E-state index in [1.165, 1.54) is 57.1 Å². The van der Waals surface area contributed by atoms with Crippen LogP contribution in [0.3, 0.4) is 0 Å². The van der Waals surface area contributed by atoms with Gasteiger partial charge in [-0.15, -0.1) is 0 Å². The van der Waals surface area contributed by atoms with Crippen LogP contribution in [0.15, 0.2) is 23.1 Å². The second kappa shape index (κ2) is 13.6. The summed E-state index contributed by atoms with van der Waals surface area (Å²) in [6, 6.07) is 0. The predicted octanol–water partition coefficient (Wildman–Crippen LogP) is 4.76. The minimum atomic E-state index is -0.913. The molecular formula is C21H36O2S. The largest absolute Gasteiger partial charge is 0.550 e. The molecule has 1 aliphatic carbocycles. The molecule has 0 fully saturated rings. The van der Waals surface area contributed by atoms with Crippen LogP contribution in [0.25, 0.3) is 0 Å². The van der Waals surface area contributed by atoms with Crippen LogP contribution in [-0.4, -0.2) is 18.0 Å². The molecule has 0 aliphatic heterocycles. The van der Waals surface area contributed by atoms with Crippen molar-refractivity contribution in [1.29, 1.82) is 0 Å². The third-order valence-corrected chi connectivity index (χ3v) is 6.94. The van der Waals surface area contributed by atoms with Crippen molar-refractivity contribution in [1.82, 2.24) is 0 Å². The Kier molecular flexibility index (Phi) is 12.1. The fourth-order valence-electron chi connectivity index (χ4n) is 3.30. The molecule has 0 aromatic heterocycles. The molecule has 0 aromatic carbocycles. The van der Waals surface area contributed by atoms with Crippen molar-refractivity contribution in [3.8, 4) is 0 Å². The van der Waals surface area contributed by atoms with Gasteiger partial charge in [0.15, 0.2) is 0 Å². The van der Waals surface area contributed by atoms with Gasteiger partial charge >= 0.3 is 0 Å². The zero-order valence-corrected chi connectivity index (χ0v) is 16.5. The van der Waals surface area contributed by atoms with Gasteiger partial charge in [-0.3, -0.25) is 0 Å². The van der Waals surface area contributed by atoms with Crippen molar-refractivity contribution in [3.63, 3.8) is 0 Å². The molecule has 1 aliphatic rings. The van der Waals surface area contributed by atoms with Crippen LogP contribution in [0.2, 0.25) is 0 Å². The van der Waals surface area contributed by atoms with E-state index in [9.17, 15) is 9.90 Å². The number of rotatable bonds is 14. The first-order valence-corrected chi connectivity index (χ1v) is 11.6. The first-order valence-electron chi connectivity index (χ1n) is 9.84. The van der Waals surface area contributed by atoms with Crippen molar-refractivity contribution >= 4 is 16.9 Å². The quantitative estimate of drug-likeness (QED) is 0.257. The van der Waals surface area contributed by atoms with Crippen LogP contribution in [0.5, 0.6) is 0 Å². The maximum Gasteiger partial charge on any atom is 0.134 e. The van der Waals surface area contributed by atoms with Crippen molar-refractivity contribution in [2.75, 3.05) is 12.0 Å². The van der Waals surface area contributed by atoms with Gasteiger partial charge in [-0.25, -0.2) is 0 Å². The second-order valence-corrected chi connectivity index (χ2v) is 9.10. The predicted molar refractivity (Wildman–Crippen MR) is 105 cm³/mol. The van der Waals surface area contributed by atoms with E-state index >= 15 is 0 Å². The third kappa shape index (κ3) is 9.56. The molecule has 1 unspecified atom stereocenters. The summed E-state index contributed by atoms with van der Waals surface area (Å²) < 4.78 is 0. The molecule has 0 saturated carbocycles. The van der Waals surface area contributed by atoms with Crippen LogP contribution >= 0.6 is 0 Å². The topological polar surface area (TPSA) is 40.1 Å². The van der Waals surface area contributed by atoms with Gasteiger partial charge < -0.3 is 9.90 Å². The Bertz CT molecular complexity index is 401. The fourth-order valence-corrected chi connectivity index (χ4v) is 5.29. The minimum absolute atomic E-state index is 0.212. The molecule has 1 rings (SSSR count). The normalized spacial score (nSPS) is 18.9. The molecule has 2 atom stereocenters. The van der Waals surface area contributed by atoms with E-state index in [4.69, 9.17) is 0 Å². The number of hydrogen-bond donors (Lipinski definition) is 0. The van der Waals surface area contributed by atoms with E-state index in [0.717, 1.165) is 19.3 Å². The standard InChI is InChI=1S/C21H36O2S/c1-3-4-5-6-7-8-10-14-19-15-13-16-20(19)24(2)18-12-9-11-17-21(22)23/h10,14,16,19H,3-9,11-13,15,17-18H2,1-2H3/t19-,24?/m0/s1. The fraction of sp³-hybridized carbons (Fsp3) is 0.762. The van der Waals surface area contributed by atoms with Gasteiger partial charge in [0.1, 0.15) is 16.9 Å². The summed E-state index contributed by atoms with van der Waals surface area (Å²) in [7, 11) is 0.346. The zero-order chi connectivity index (χ0) is 17.6. The molecule has 0 spiro atoms. The molecule has 0 N–H and O–H groups in total. The Morgan fingerprint density at radius 2 is 1.96 bits per heavy atom. The minimum Gasteiger partial charge on any atom is -0.550 e. The molecule has 3 heteroatoms. The summed E-state index contributed by atoms with van der Waals surface area (Å²) in [5.41, 5.74) is 0. The maximum atomic E-state index is 10.4. The molecule has 0 bridgehead atoms. The summed E-state index contributed by atoms with van der Waals surface area (Å²) >= 11 is 0. The van der Waals surface area contributed by atoms with Crippen molar-refractivity contribution in [2.24, 2.45) is 5.92 Å². The Hall–Kier alpha value is -0.700. The zero-order valence-electron chi connectivity index (χ0n) is 15.7. The lowest BCUT2D eigenvalue weighted by Gasteiger charge is -2.10. The van der Waals surface area contributed by atoms with Crippen molar-refractivity contribution in [2.45, 2.75) is 84.0 Å². The lowest BCUT2D eigenvalue weighted by molar-refractivity contribution is -0.305. The van der Waals surface area contributed by atoms with Crippen molar-refractivity contribution < 1.29 is 9.90 Å². The number of carboxylic acids is 1. The highest BCUT2D eigenvalue weighted by molar-refractivity contribution is 7.99. The van der Waals surface area contributed by atoms with E-state index in [2.05, 4.69) is 31.4 Å². The molecular weight excluding hydrogens is 316 g/mol. The Morgan fingerprint density at radius 1 is 1.21 bits per heavy atom. The smallest absolute Gasteiger partial charge is 0.134 e. The summed E-state index contributed by atoms with van der Waals surface area (Å²) in [6.07, 6.45) is 23.3. The molecule has 0 amide bonds. The van der Waals surface area contributed by atoms with E-state index in [0.29, 0.717) is 16.8 Å². The van der Waals surface area contributed by atoms with Crippen LogP contribution in [0.4, 0.5) is 0 Å². The van der Waals surface area contributed by atoms with Crippen LogP contribution in [-0.2, 0) is 15.7 Å². The maximum absolute atomic E-state index is 10.4. The second-order valence-electron chi connectivity index (χ2n) is 6.95. The van der Waals surface area contributed by atoms with Gasteiger partial charge in [-0.05, 0) is 57.4 Å². The number of aliphatic carboxylic acids is 1. The Morgan fingerprint density at radius 3 is 2.71 bits per heavy atom. The van der Waals surface area contributed by atoms with Crippen LogP contribution < -0.4 is 5.11 Å². The highest BCUT2D eigenvalue weighted by atomic mass is 32.2. The molecule has 24 heavy (non-hydrogen) atoms.